The van der Waals surface area contributed by atoms with Gasteiger partial charge in [-0.3, -0.25) is 9.69 Å². The van der Waals surface area contributed by atoms with Gasteiger partial charge in [-0.2, -0.15) is 0 Å². The van der Waals surface area contributed by atoms with Gasteiger partial charge in [0.1, 0.15) is 6.54 Å². The molecule has 0 unspecified atom stereocenters. The lowest BCUT2D eigenvalue weighted by Gasteiger charge is -2.51. The second kappa shape index (κ2) is 8.34. The number of amides is 3. The number of hydrogen-bond acceptors (Lipinski definition) is 3. The number of benzene rings is 1. The van der Waals surface area contributed by atoms with Crippen molar-refractivity contribution in [1.29, 1.82) is 0 Å². The first-order valence-corrected chi connectivity index (χ1v) is 10.7. The van der Waals surface area contributed by atoms with Crippen LogP contribution in [0.15, 0.2) is 30.3 Å². The Kier molecular flexibility index (Phi) is 6.22. The molecule has 1 spiro atoms. The van der Waals surface area contributed by atoms with E-state index in [0.717, 1.165) is 32.2 Å². The van der Waals surface area contributed by atoms with E-state index in [9.17, 15) is 9.59 Å². The third-order valence-electron chi connectivity index (χ3n) is 6.90. The van der Waals surface area contributed by atoms with Crippen LogP contribution in [0.25, 0.3) is 0 Å². The van der Waals surface area contributed by atoms with Gasteiger partial charge in [-0.15, -0.1) is 0 Å². The van der Waals surface area contributed by atoms with Crippen molar-refractivity contribution in [1.82, 2.24) is 20.0 Å². The average Bonchev–Trinajstić information content (AvgIpc) is 2.94. The second-order valence-corrected chi connectivity index (χ2v) is 9.33. The molecule has 3 rings (SSSR count). The Balaban J connectivity index is 1.87. The molecule has 6 heteroatoms. The quantitative estimate of drug-likeness (QED) is 0.799. The van der Waals surface area contributed by atoms with Crippen molar-refractivity contribution in [2.75, 3.05) is 40.8 Å². The summed E-state index contributed by atoms with van der Waals surface area (Å²) in [5.74, 6) is 0.285. The molecule has 1 aliphatic heterocycles. The SMILES string of the molecule is CNC(=O)CN1CC2(CCC(c3ccccc3)(N(C)C)CC2)N(CC(C)C)C1=O. The molecule has 1 aromatic rings. The van der Waals surface area contributed by atoms with Crippen molar-refractivity contribution in [3.8, 4) is 0 Å². The maximum atomic E-state index is 13.2. The number of likely N-dealkylation sites (N-methyl/N-ethyl adjacent to an activating group) is 1. The van der Waals surface area contributed by atoms with E-state index in [1.54, 1.807) is 11.9 Å². The molecule has 1 saturated carbocycles. The number of hydrogen-bond donors (Lipinski definition) is 1. The van der Waals surface area contributed by atoms with E-state index >= 15 is 0 Å². The van der Waals surface area contributed by atoms with Crippen molar-refractivity contribution >= 4 is 11.9 Å². The van der Waals surface area contributed by atoms with Crippen LogP contribution in [0, 0.1) is 5.92 Å². The van der Waals surface area contributed by atoms with E-state index in [-0.39, 0.29) is 29.6 Å². The minimum Gasteiger partial charge on any atom is -0.358 e. The standard InChI is InChI=1S/C23H36N4O2/c1-18(2)15-27-21(29)26(16-20(28)24-3)17-22(27)11-13-23(14-12-22,25(4)5)19-9-7-6-8-10-19/h6-10,18H,11-17H2,1-5H3,(H,24,28). The van der Waals surface area contributed by atoms with E-state index in [1.165, 1.54) is 5.56 Å². The summed E-state index contributed by atoms with van der Waals surface area (Å²) in [7, 11) is 5.94. The summed E-state index contributed by atoms with van der Waals surface area (Å²) in [6.07, 6.45) is 3.89. The maximum Gasteiger partial charge on any atom is 0.321 e. The zero-order valence-corrected chi connectivity index (χ0v) is 18.6. The van der Waals surface area contributed by atoms with Gasteiger partial charge in [0.05, 0.1) is 5.54 Å². The lowest BCUT2D eigenvalue weighted by Crippen LogP contribution is -2.56. The van der Waals surface area contributed by atoms with Gasteiger partial charge in [-0.25, -0.2) is 4.79 Å². The highest BCUT2D eigenvalue weighted by atomic mass is 16.2. The van der Waals surface area contributed by atoms with E-state index < -0.39 is 0 Å². The Labute approximate surface area is 175 Å². The minimum atomic E-state index is -0.177. The number of nitrogens with zero attached hydrogens (tertiary/aromatic N) is 3. The molecule has 0 aromatic heterocycles. The third kappa shape index (κ3) is 4.00. The van der Waals surface area contributed by atoms with Crippen LogP contribution in [0.2, 0.25) is 0 Å². The van der Waals surface area contributed by atoms with Gasteiger partial charge in [-0.1, -0.05) is 44.2 Å². The Morgan fingerprint density at radius 1 is 1.14 bits per heavy atom. The molecule has 2 aliphatic rings. The molecular formula is C23H36N4O2. The van der Waals surface area contributed by atoms with Crippen molar-refractivity contribution in [3.05, 3.63) is 35.9 Å². The molecule has 29 heavy (non-hydrogen) atoms. The van der Waals surface area contributed by atoms with Gasteiger partial charge in [0.2, 0.25) is 5.91 Å². The molecule has 1 aliphatic carbocycles. The van der Waals surface area contributed by atoms with Crippen LogP contribution in [0.4, 0.5) is 4.79 Å². The topological polar surface area (TPSA) is 55.9 Å². The third-order valence-corrected chi connectivity index (χ3v) is 6.90. The number of urea groups is 1. The predicted octanol–water partition coefficient (Wildman–Crippen LogP) is 2.90. The largest absolute Gasteiger partial charge is 0.358 e. The summed E-state index contributed by atoms with van der Waals surface area (Å²) >= 11 is 0. The van der Waals surface area contributed by atoms with Crippen molar-refractivity contribution in [2.45, 2.75) is 50.6 Å². The van der Waals surface area contributed by atoms with Gasteiger partial charge in [-0.05, 0) is 51.3 Å². The number of carbonyl (C=O) groups is 2. The van der Waals surface area contributed by atoms with E-state index in [1.807, 2.05) is 0 Å². The van der Waals surface area contributed by atoms with E-state index in [4.69, 9.17) is 0 Å². The Morgan fingerprint density at radius 3 is 2.28 bits per heavy atom. The summed E-state index contributed by atoms with van der Waals surface area (Å²) in [5, 5.41) is 2.65. The summed E-state index contributed by atoms with van der Waals surface area (Å²) in [6.45, 7) is 5.83. The molecule has 1 heterocycles. The van der Waals surface area contributed by atoms with Crippen LogP contribution in [-0.4, -0.2) is 73.0 Å². The molecule has 6 nitrogen and oxygen atoms in total. The molecule has 0 radical (unpaired) electrons. The monoisotopic (exact) mass is 400 g/mol. The maximum absolute atomic E-state index is 13.2. The summed E-state index contributed by atoms with van der Waals surface area (Å²) in [6, 6.07) is 10.7. The van der Waals surface area contributed by atoms with Crippen LogP contribution >= 0.6 is 0 Å². The zero-order valence-electron chi connectivity index (χ0n) is 18.6. The molecule has 3 amide bonds. The fourth-order valence-corrected chi connectivity index (χ4v) is 5.19. The Morgan fingerprint density at radius 2 is 1.76 bits per heavy atom. The highest BCUT2D eigenvalue weighted by molar-refractivity contribution is 5.85. The first-order chi connectivity index (χ1) is 13.7. The van der Waals surface area contributed by atoms with Gasteiger partial charge in [0.25, 0.3) is 0 Å². The molecule has 1 saturated heterocycles. The summed E-state index contributed by atoms with van der Waals surface area (Å²) in [5.41, 5.74) is 1.17. The molecule has 2 fully saturated rings. The Bertz CT molecular complexity index is 724. The second-order valence-electron chi connectivity index (χ2n) is 9.33. The molecule has 160 valence electrons. The van der Waals surface area contributed by atoms with Crippen molar-refractivity contribution in [2.24, 2.45) is 5.92 Å². The molecule has 1 N–H and O–H groups in total. The van der Waals surface area contributed by atoms with Crippen LogP contribution in [-0.2, 0) is 10.3 Å². The molecule has 0 bridgehead atoms. The van der Waals surface area contributed by atoms with Gasteiger partial charge < -0.3 is 15.1 Å². The predicted molar refractivity (Wildman–Crippen MR) is 116 cm³/mol. The van der Waals surface area contributed by atoms with Gasteiger partial charge in [0.15, 0.2) is 0 Å². The molecular weight excluding hydrogens is 364 g/mol. The van der Waals surface area contributed by atoms with E-state index in [2.05, 4.69) is 73.4 Å². The number of rotatable bonds is 6. The smallest absolute Gasteiger partial charge is 0.321 e. The summed E-state index contributed by atoms with van der Waals surface area (Å²) < 4.78 is 0. The van der Waals surface area contributed by atoms with Gasteiger partial charge >= 0.3 is 6.03 Å². The highest BCUT2D eigenvalue weighted by Gasteiger charge is 2.54. The summed E-state index contributed by atoms with van der Waals surface area (Å²) in [4.78, 5) is 31.3. The van der Waals surface area contributed by atoms with Gasteiger partial charge in [0, 0.05) is 25.7 Å². The van der Waals surface area contributed by atoms with Crippen molar-refractivity contribution < 1.29 is 9.59 Å². The Hall–Kier alpha value is -2.08. The fraction of sp³-hybridized carbons (Fsp3) is 0.652. The molecule has 1 aromatic carbocycles. The minimum absolute atomic E-state index is 0.00667. The number of nitrogens with one attached hydrogen (secondary N) is 1. The molecule has 0 atom stereocenters. The first kappa shape index (κ1) is 21.6. The van der Waals surface area contributed by atoms with Crippen LogP contribution in [0.5, 0.6) is 0 Å². The number of carbonyl (C=O) groups excluding carboxylic acids is 2. The lowest BCUT2D eigenvalue weighted by atomic mass is 9.68. The highest BCUT2D eigenvalue weighted by Crippen LogP contribution is 2.49. The fourth-order valence-electron chi connectivity index (χ4n) is 5.19. The van der Waals surface area contributed by atoms with E-state index in [0.29, 0.717) is 12.5 Å². The zero-order chi connectivity index (χ0) is 21.2. The van der Waals surface area contributed by atoms with Crippen LogP contribution < -0.4 is 5.32 Å². The van der Waals surface area contributed by atoms with Crippen LogP contribution in [0.3, 0.4) is 0 Å². The lowest BCUT2D eigenvalue weighted by molar-refractivity contribution is -0.121. The first-order valence-electron chi connectivity index (χ1n) is 10.7. The average molecular weight is 401 g/mol. The van der Waals surface area contributed by atoms with Crippen LogP contribution in [0.1, 0.15) is 45.1 Å². The van der Waals surface area contributed by atoms with Crippen molar-refractivity contribution in [3.63, 3.8) is 0 Å². The normalized spacial score (nSPS) is 27.3.